The van der Waals surface area contributed by atoms with E-state index in [9.17, 15) is 4.79 Å². The Balaban J connectivity index is 1.76. The van der Waals surface area contributed by atoms with E-state index in [0.717, 1.165) is 11.3 Å². The standard InChI is InChI=1S/C16H17ClN2O2/c1-19(14-8-3-2-4-9-14)18-16(20)12-21-11-13-7-5-6-10-15(13)17/h2-10H,11-12H2,1H3,(H,18,20). The molecule has 0 saturated heterocycles. The van der Waals surface area contributed by atoms with Gasteiger partial charge in [-0.1, -0.05) is 48.0 Å². The maximum Gasteiger partial charge on any atom is 0.264 e. The second kappa shape index (κ2) is 7.67. The minimum Gasteiger partial charge on any atom is -0.367 e. The van der Waals surface area contributed by atoms with Gasteiger partial charge in [-0.15, -0.1) is 0 Å². The van der Waals surface area contributed by atoms with Crippen LogP contribution in [0.15, 0.2) is 54.6 Å². The maximum absolute atomic E-state index is 11.8. The molecule has 0 spiro atoms. The summed E-state index contributed by atoms with van der Waals surface area (Å²) in [5.41, 5.74) is 4.50. The van der Waals surface area contributed by atoms with E-state index >= 15 is 0 Å². The van der Waals surface area contributed by atoms with Crippen molar-refractivity contribution in [2.45, 2.75) is 6.61 Å². The van der Waals surface area contributed by atoms with Gasteiger partial charge in [-0.3, -0.25) is 15.2 Å². The molecule has 0 aliphatic heterocycles. The fraction of sp³-hybridized carbons (Fsp3) is 0.188. The highest BCUT2D eigenvalue weighted by molar-refractivity contribution is 6.31. The molecule has 0 aromatic heterocycles. The molecule has 0 bridgehead atoms. The summed E-state index contributed by atoms with van der Waals surface area (Å²) >= 11 is 6.02. The number of rotatable bonds is 6. The van der Waals surface area contributed by atoms with Crippen molar-refractivity contribution in [3.8, 4) is 0 Å². The summed E-state index contributed by atoms with van der Waals surface area (Å²) in [6.45, 7) is 0.282. The van der Waals surface area contributed by atoms with Crippen LogP contribution in [-0.2, 0) is 16.1 Å². The number of anilines is 1. The molecule has 0 heterocycles. The molecule has 0 radical (unpaired) electrons. The topological polar surface area (TPSA) is 41.6 Å². The minimum atomic E-state index is -0.214. The van der Waals surface area contributed by atoms with E-state index in [4.69, 9.17) is 16.3 Å². The number of halogens is 1. The van der Waals surface area contributed by atoms with Crippen molar-refractivity contribution in [2.24, 2.45) is 0 Å². The van der Waals surface area contributed by atoms with Crippen molar-refractivity contribution in [2.75, 3.05) is 18.7 Å². The molecule has 1 amide bonds. The van der Waals surface area contributed by atoms with Gasteiger partial charge in [0.1, 0.15) is 6.61 Å². The Labute approximate surface area is 129 Å². The summed E-state index contributed by atoms with van der Waals surface area (Å²) in [5, 5.41) is 2.29. The zero-order valence-electron chi connectivity index (χ0n) is 11.8. The lowest BCUT2D eigenvalue weighted by atomic mass is 10.2. The number of hydrazine groups is 1. The number of carbonyl (C=O) groups excluding carboxylic acids is 1. The lowest BCUT2D eigenvalue weighted by Crippen LogP contribution is -2.41. The van der Waals surface area contributed by atoms with Crippen LogP contribution in [0.2, 0.25) is 5.02 Å². The molecule has 0 aliphatic rings. The van der Waals surface area contributed by atoms with Crippen LogP contribution in [0.25, 0.3) is 0 Å². The van der Waals surface area contributed by atoms with Crippen LogP contribution < -0.4 is 10.4 Å². The van der Waals surface area contributed by atoms with E-state index in [2.05, 4.69) is 5.43 Å². The van der Waals surface area contributed by atoms with E-state index in [0.29, 0.717) is 11.6 Å². The average Bonchev–Trinajstić information content (AvgIpc) is 2.50. The zero-order chi connectivity index (χ0) is 15.1. The highest BCUT2D eigenvalue weighted by Gasteiger charge is 2.06. The van der Waals surface area contributed by atoms with Crippen molar-refractivity contribution in [1.82, 2.24) is 5.43 Å². The predicted octanol–water partition coefficient (Wildman–Crippen LogP) is 3.02. The third-order valence-corrected chi connectivity index (χ3v) is 3.25. The van der Waals surface area contributed by atoms with Crippen LogP contribution in [0, 0.1) is 0 Å². The number of hydrogen-bond donors (Lipinski definition) is 1. The maximum atomic E-state index is 11.8. The van der Waals surface area contributed by atoms with Crippen molar-refractivity contribution >= 4 is 23.2 Å². The van der Waals surface area contributed by atoms with Crippen LogP contribution in [0.5, 0.6) is 0 Å². The quantitative estimate of drug-likeness (QED) is 0.834. The van der Waals surface area contributed by atoms with Crippen LogP contribution in [0.4, 0.5) is 5.69 Å². The van der Waals surface area contributed by atoms with E-state index in [-0.39, 0.29) is 12.5 Å². The zero-order valence-corrected chi connectivity index (χ0v) is 12.5. The minimum absolute atomic E-state index is 0.0254. The Morgan fingerprint density at radius 2 is 1.81 bits per heavy atom. The first-order valence-electron chi connectivity index (χ1n) is 6.56. The second-order valence-corrected chi connectivity index (χ2v) is 4.92. The van der Waals surface area contributed by atoms with Crippen LogP contribution in [-0.4, -0.2) is 19.6 Å². The Hall–Kier alpha value is -2.04. The molecular weight excluding hydrogens is 288 g/mol. The number of carbonyl (C=O) groups is 1. The molecular formula is C16H17ClN2O2. The van der Waals surface area contributed by atoms with Crippen molar-refractivity contribution < 1.29 is 9.53 Å². The molecule has 2 rings (SSSR count). The third-order valence-electron chi connectivity index (χ3n) is 2.88. The van der Waals surface area contributed by atoms with Gasteiger partial charge >= 0.3 is 0 Å². The first-order chi connectivity index (χ1) is 10.2. The fourth-order valence-electron chi connectivity index (χ4n) is 1.80. The molecule has 1 N–H and O–H groups in total. The number of nitrogens with one attached hydrogen (secondary N) is 1. The first-order valence-corrected chi connectivity index (χ1v) is 6.94. The molecule has 0 fully saturated rings. The van der Waals surface area contributed by atoms with Gasteiger partial charge < -0.3 is 4.74 Å². The van der Waals surface area contributed by atoms with Gasteiger partial charge in [-0.25, -0.2) is 0 Å². The molecule has 5 heteroatoms. The normalized spacial score (nSPS) is 10.2. The van der Waals surface area contributed by atoms with Gasteiger partial charge in [0.2, 0.25) is 0 Å². The van der Waals surface area contributed by atoms with Crippen LogP contribution in [0.3, 0.4) is 0 Å². The van der Waals surface area contributed by atoms with Gasteiger partial charge in [0, 0.05) is 12.1 Å². The SMILES string of the molecule is CN(NC(=O)COCc1ccccc1Cl)c1ccccc1. The van der Waals surface area contributed by atoms with Gasteiger partial charge in [0.15, 0.2) is 0 Å². The smallest absolute Gasteiger partial charge is 0.264 e. The number of benzene rings is 2. The van der Waals surface area contributed by atoms with E-state index in [1.807, 2.05) is 48.5 Å². The Kier molecular flexibility index (Phi) is 5.60. The summed E-state index contributed by atoms with van der Waals surface area (Å²) in [7, 11) is 1.78. The number of ether oxygens (including phenoxy) is 1. The molecule has 2 aromatic rings. The predicted molar refractivity (Wildman–Crippen MR) is 84.1 cm³/mol. The highest BCUT2D eigenvalue weighted by atomic mass is 35.5. The lowest BCUT2D eigenvalue weighted by molar-refractivity contribution is -0.126. The molecule has 21 heavy (non-hydrogen) atoms. The highest BCUT2D eigenvalue weighted by Crippen LogP contribution is 2.15. The Morgan fingerprint density at radius 1 is 1.14 bits per heavy atom. The molecule has 110 valence electrons. The van der Waals surface area contributed by atoms with Gasteiger partial charge in [-0.05, 0) is 23.8 Å². The van der Waals surface area contributed by atoms with E-state index < -0.39 is 0 Å². The summed E-state index contributed by atoms with van der Waals surface area (Å²) in [5.74, 6) is -0.214. The van der Waals surface area contributed by atoms with E-state index in [1.54, 1.807) is 18.1 Å². The van der Waals surface area contributed by atoms with Crippen molar-refractivity contribution in [1.29, 1.82) is 0 Å². The van der Waals surface area contributed by atoms with Gasteiger partial charge in [0.05, 0.1) is 12.3 Å². The molecule has 0 saturated carbocycles. The summed E-state index contributed by atoms with van der Waals surface area (Å²) in [6, 6.07) is 17.0. The first kappa shape index (κ1) is 15.4. The largest absolute Gasteiger partial charge is 0.367 e. The Bertz CT molecular complexity index is 590. The molecule has 0 unspecified atom stereocenters. The summed E-state index contributed by atoms with van der Waals surface area (Å²) in [6.07, 6.45) is 0. The van der Waals surface area contributed by atoms with Crippen molar-refractivity contribution in [3.05, 3.63) is 65.2 Å². The molecule has 0 atom stereocenters. The van der Waals surface area contributed by atoms with E-state index in [1.165, 1.54) is 0 Å². The Morgan fingerprint density at radius 3 is 2.52 bits per heavy atom. The molecule has 0 aliphatic carbocycles. The average molecular weight is 305 g/mol. The van der Waals surface area contributed by atoms with Crippen LogP contribution in [0.1, 0.15) is 5.56 Å². The molecule has 4 nitrogen and oxygen atoms in total. The number of amides is 1. The van der Waals surface area contributed by atoms with Crippen LogP contribution >= 0.6 is 11.6 Å². The summed E-state index contributed by atoms with van der Waals surface area (Å²) in [4.78, 5) is 11.8. The molecule has 2 aromatic carbocycles. The number of hydrogen-bond acceptors (Lipinski definition) is 3. The third kappa shape index (κ3) is 4.77. The van der Waals surface area contributed by atoms with Gasteiger partial charge in [-0.2, -0.15) is 0 Å². The second-order valence-electron chi connectivity index (χ2n) is 4.51. The number of para-hydroxylation sites is 1. The monoisotopic (exact) mass is 304 g/mol. The van der Waals surface area contributed by atoms with Crippen molar-refractivity contribution in [3.63, 3.8) is 0 Å². The lowest BCUT2D eigenvalue weighted by Gasteiger charge is -2.20. The summed E-state index contributed by atoms with van der Waals surface area (Å²) < 4.78 is 5.38. The van der Waals surface area contributed by atoms with Gasteiger partial charge in [0.25, 0.3) is 5.91 Å². The number of nitrogens with zero attached hydrogens (tertiary/aromatic N) is 1. The fourth-order valence-corrected chi connectivity index (χ4v) is 1.99.